The number of hydrogen-bond acceptors (Lipinski definition) is 4. The monoisotopic (exact) mass is 350 g/mol. The van der Waals surface area contributed by atoms with Crippen molar-refractivity contribution in [3.63, 3.8) is 0 Å². The minimum absolute atomic E-state index is 0.176. The van der Waals surface area contributed by atoms with Crippen LogP contribution in [0, 0.1) is 5.92 Å². The van der Waals surface area contributed by atoms with E-state index in [1.165, 1.54) is 0 Å². The van der Waals surface area contributed by atoms with Crippen LogP contribution in [0.4, 0.5) is 0 Å². The van der Waals surface area contributed by atoms with Crippen LogP contribution in [0.25, 0.3) is 0 Å². The summed E-state index contributed by atoms with van der Waals surface area (Å²) in [6.07, 6.45) is 4.48. The fourth-order valence-electron chi connectivity index (χ4n) is 2.95. The molecule has 25 heavy (non-hydrogen) atoms. The van der Waals surface area contributed by atoms with E-state index in [0.29, 0.717) is 37.1 Å². The second-order valence-corrected chi connectivity index (χ2v) is 6.88. The largest absolute Gasteiger partial charge is 0.385 e. The maximum absolute atomic E-state index is 12.5. The molecule has 2 amide bonds. The van der Waals surface area contributed by atoms with Crippen molar-refractivity contribution in [3.05, 3.63) is 17.2 Å². The molecule has 7 heteroatoms. The fraction of sp³-hybridized carbons (Fsp3) is 0.722. The zero-order valence-corrected chi connectivity index (χ0v) is 15.6. The Labute approximate surface area is 149 Å². The number of hydrogen-bond donors (Lipinski definition) is 2. The molecule has 0 unspecified atom stereocenters. The Morgan fingerprint density at radius 2 is 1.96 bits per heavy atom. The molecule has 0 saturated carbocycles. The molecule has 1 aliphatic rings. The lowest BCUT2D eigenvalue weighted by atomic mass is 10.1. The first kappa shape index (κ1) is 19.4. The molecule has 2 N–H and O–H groups in total. The summed E-state index contributed by atoms with van der Waals surface area (Å²) in [6.45, 7) is 6.74. The first-order valence-electron chi connectivity index (χ1n) is 9.19. The van der Waals surface area contributed by atoms with Crippen LogP contribution in [0.15, 0.2) is 0 Å². The predicted molar refractivity (Wildman–Crippen MR) is 95.8 cm³/mol. The average Bonchev–Trinajstić information content (AvgIpc) is 2.98. The highest BCUT2D eigenvalue weighted by Crippen LogP contribution is 2.21. The Kier molecular flexibility index (Phi) is 7.43. The van der Waals surface area contributed by atoms with E-state index < -0.39 is 0 Å². The predicted octanol–water partition coefficient (Wildman–Crippen LogP) is 1.76. The lowest BCUT2D eigenvalue weighted by Gasteiger charge is -2.17. The summed E-state index contributed by atoms with van der Waals surface area (Å²) in [5, 5.41) is 5.79. The fourth-order valence-corrected chi connectivity index (χ4v) is 2.95. The standard InChI is InChI=1S/C18H30N4O3/c1-13(2)8-10-20-17(23)15-14-7-4-5-11-22(14)16(21-15)18(24)19-9-6-12-25-3/h13H,4-12H2,1-3H3,(H,19,24)(H,20,23). The van der Waals surface area contributed by atoms with E-state index in [4.69, 9.17) is 4.74 Å². The number of nitrogens with zero attached hydrogens (tertiary/aromatic N) is 2. The minimum atomic E-state index is -0.222. The second kappa shape index (κ2) is 9.56. The van der Waals surface area contributed by atoms with Gasteiger partial charge in [-0.3, -0.25) is 9.59 Å². The lowest BCUT2D eigenvalue weighted by molar-refractivity contribution is 0.0932. The van der Waals surface area contributed by atoms with Crippen LogP contribution in [-0.4, -0.2) is 48.2 Å². The molecule has 0 bridgehead atoms. The van der Waals surface area contributed by atoms with E-state index in [9.17, 15) is 9.59 Å². The van der Waals surface area contributed by atoms with Crippen LogP contribution in [-0.2, 0) is 17.7 Å². The third kappa shape index (κ3) is 5.29. The van der Waals surface area contributed by atoms with Crippen molar-refractivity contribution < 1.29 is 14.3 Å². The second-order valence-electron chi connectivity index (χ2n) is 6.88. The van der Waals surface area contributed by atoms with Gasteiger partial charge in [-0.1, -0.05) is 13.8 Å². The molecule has 0 fully saturated rings. The topological polar surface area (TPSA) is 85.2 Å². The summed E-state index contributed by atoms with van der Waals surface area (Å²) < 4.78 is 6.89. The van der Waals surface area contributed by atoms with Crippen LogP contribution >= 0.6 is 0 Å². The number of methoxy groups -OCH3 is 1. The van der Waals surface area contributed by atoms with Gasteiger partial charge in [-0.2, -0.15) is 0 Å². The minimum Gasteiger partial charge on any atom is -0.385 e. The molecular weight excluding hydrogens is 320 g/mol. The first-order valence-corrected chi connectivity index (χ1v) is 9.19. The van der Waals surface area contributed by atoms with Crippen molar-refractivity contribution in [1.29, 1.82) is 0 Å². The lowest BCUT2D eigenvalue weighted by Crippen LogP contribution is -2.29. The van der Waals surface area contributed by atoms with Crippen LogP contribution in [0.5, 0.6) is 0 Å². The van der Waals surface area contributed by atoms with Gasteiger partial charge < -0.3 is 19.9 Å². The van der Waals surface area contributed by atoms with Crippen molar-refractivity contribution in [2.45, 2.75) is 52.5 Å². The molecule has 0 aliphatic carbocycles. The highest BCUT2D eigenvalue weighted by molar-refractivity contribution is 5.97. The number of fused-ring (bicyclic) bond motifs is 1. The van der Waals surface area contributed by atoms with E-state index in [1.54, 1.807) is 7.11 Å². The number of carbonyl (C=O) groups is 2. The molecule has 2 heterocycles. The molecule has 1 aromatic heterocycles. The van der Waals surface area contributed by atoms with Crippen LogP contribution in [0.3, 0.4) is 0 Å². The molecule has 140 valence electrons. The van der Waals surface area contributed by atoms with E-state index >= 15 is 0 Å². The van der Waals surface area contributed by atoms with Crippen molar-refractivity contribution in [2.24, 2.45) is 5.92 Å². The van der Waals surface area contributed by atoms with Gasteiger partial charge in [0.1, 0.15) is 5.69 Å². The first-order chi connectivity index (χ1) is 12.0. The molecule has 1 aromatic rings. The normalized spacial score (nSPS) is 13.6. The molecule has 0 atom stereocenters. The van der Waals surface area contributed by atoms with Gasteiger partial charge >= 0.3 is 0 Å². The van der Waals surface area contributed by atoms with Gasteiger partial charge in [-0.05, 0) is 38.0 Å². The van der Waals surface area contributed by atoms with Gasteiger partial charge in [0.2, 0.25) is 0 Å². The molecule has 0 radical (unpaired) electrons. The third-order valence-electron chi connectivity index (χ3n) is 4.35. The summed E-state index contributed by atoms with van der Waals surface area (Å²) in [4.78, 5) is 29.3. The molecular formula is C18H30N4O3. The van der Waals surface area contributed by atoms with Crippen molar-refractivity contribution >= 4 is 11.8 Å². The summed E-state index contributed by atoms with van der Waals surface area (Å²) in [6, 6.07) is 0. The molecule has 1 aliphatic heterocycles. The SMILES string of the molecule is COCCCNC(=O)c1nc(C(=O)NCCC(C)C)c2n1CCCC2. The molecule has 0 aromatic carbocycles. The number of ether oxygens (including phenoxy) is 1. The highest BCUT2D eigenvalue weighted by Gasteiger charge is 2.27. The van der Waals surface area contributed by atoms with Crippen LogP contribution < -0.4 is 10.6 Å². The average molecular weight is 350 g/mol. The van der Waals surface area contributed by atoms with E-state index in [1.807, 2.05) is 4.57 Å². The Bertz CT molecular complexity index is 595. The van der Waals surface area contributed by atoms with E-state index in [2.05, 4.69) is 29.5 Å². The smallest absolute Gasteiger partial charge is 0.287 e. The zero-order chi connectivity index (χ0) is 18.2. The number of nitrogens with one attached hydrogen (secondary N) is 2. The number of imidazole rings is 1. The van der Waals surface area contributed by atoms with Crippen LogP contribution in [0.1, 0.15) is 66.3 Å². The summed E-state index contributed by atoms with van der Waals surface area (Å²) in [5.74, 6) is 0.482. The van der Waals surface area contributed by atoms with Crippen LogP contribution in [0.2, 0.25) is 0 Å². The quantitative estimate of drug-likeness (QED) is 0.665. The third-order valence-corrected chi connectivity index (χ3v) is 4.35. The van der Waals surface area contributed by atoms with Crippen molar-refractivity contribution in [2.75, 3.05) is 26.8 Å². The van der Waals surface area contributed by atoms with Gasteiger partial charge in [0.05, 0.1) is 5.69 Å². The Morgan fingerprint density at radius 1 is 1.20 bits per heavy atom. The highest BCUT2D eigenvalue weighted by atomic mass is 16.5. The maximum Gasteiger partial charge on any atom is 0.287 e. The van der Waals surface area contributed by atoms with Gasteiger partial charge in [0.25, 0.3) is 11.8 Å². The number of amides is 2. The van der Waals surface area contributed by atoms with E-state index in [-0.39, 0.29) is 11.8 Å². The number of carbonyl (C=O) groups excluding carboxylic acids is 2. The maximum atomic E-state index is 12.5. The van der Waals surface area contributed by atoms with Gasteiger partial charge in [-0.15, -0.1) is 0 Å². The Hall–Kier alpha value is -1.89. The molecule has 0 saturated heterocycles. The molecule has 0 spiro atoms. The zero-order valence-electron chi connectivity index (χ0n) is 15.6. The molecule has 2 rings (SSSR count). The summed E-state index contributed by atoms with van der Waals surface area (Å²) in [5.41, 5.74) is 1.29. The Morgan fingerprint density at radius 3 is 2.68 bits per heavy atom. The summed E-state index contributed by atoms with van der Waals surface area (Å²) >= 11 is 0. The van der Waals surface area contributed by atoms with Crippen molar-refractivity contribution in [1.82, 2.24) is 20.2 Å². The molecule has 7 nitrogen and oxygen atoms in total. The van der Waals surface area contributed by atoms with Crippen molar-refractivity contribution in [3.8, 4) is 0 Å². The van der Waals surface area contributed by atoms with Gasteiger partial charge in [0, 0.05) is 33.4 Å². The van der Waals surface area contributed by atoms with Gasteiger partial charge in [-0.25, -0.2) is 4.98 Å². The summed E-state index contributed by atoms with van der Waals surface area (Å²) in [7, 11) is 1.64. The Balaban J connectivity index is 2.09. The van der Waals surface area contributed by atoms with E-state index in [0.717, 1.165) is 44.3 Å². The number of rotatable bonds is 9. The number of aromatic nitrogens is 2. The van der Waals surface area contributed by atoms with Gasteiger partial charge in [0.15, 0.2) is 5.82 Å².